The van der Waals surface area contributed by atoms with Crippen LogP contribution in [0.25, 0.3) is 21.3 Å². The van der Waals surface area contributed by atoms with Gasteiger partial charge in [0.1, 0.15) is 17.4 Å². The third kappa shape index (κ3) is 3.03. The summed E-state index contributed by atoms with van der Waals surface area (Å²) >= 11 is 1.65. The lowest BCUT2D eigenvalue weighted by atomic mass is 9.85. The Hall–Kier alpha value is -2.19. The summed E-state index contributed by atoms with van der Waals surface area (Å²) in [7, 11) is 0. The van der Waals surface area contributed by atoms with Gasteiger partial charge in [0.2, 0.25) is 0 Å². The van der Waals surface area contributed by atoms with E-state index in [2.05, 4.69) is 19.9 Å². The van der Waals surface area contributed by atoms with E-state index in [9.17, 15) is 9.90 Å². The van der Waals surface area contributed by atoms with Crippen LogP contribution in [0.1, 0.15) is 50.6 Å². The molecule has 3 aromatic heterocycles. The van der Waals surface area contributed by atoms with Crippen LogP contribution in [0.2, 0.25) is 0 Å². The molecule has 138 valence electrons. The number of rotatable bonds is 4. The van der Waals surface area contributed by atoms with Gasteiger partial charge in [-0.05, 0) is 50.0 Å². The summed E-state index contributed by atoms with van der Waals surface area (Å²) < 4.78 is 3.32. The summed E-state index contributed by atoms with van der Waals surface area (Å²) in [5.74, 6) is 1.06. The first-order chi connectivity index (χ1) is 12.5. The molecule has 1 aliphatic rings. The minimum absolute atomic E-state index is 0.262. The van der Waals surface area contributed by atoms with Crippen LogP contribution >= 0.6 is 11.3 Å². The average Bonchev–Trinajstić information content (AvgIpc) is 3.24. The van der Waals surface area contributed by atoms with E-state index >= 15 is 0 Å². The number of hydrogen-bond donors (Lipinski definition) is 3. The Labute approximate surface area is 154 Å². The molecule has 1 saturated carbocycles. The maximum absolute atomic E-state index is 10.7. The van der Waals surface area contributed by atoms with E-state index in [-0.39, 0.29) is 6.04 Å². The predicted molar refractivity (Wildman–Crippen MR) is 101 cm³/mol. The Morgan fingerprint density at radius 2 is 2.15 bits per heavy atom. The molecule has 0 aromatic carbocycles. The largest absolute Gasteiger partial charge is 0.465 e. The van der Waals surface area contributed by atoms with E-state index in [1.807, 2.05) is 11.4 Å². The Morgan fingerprint density at radius 3 is 2.85 bits per heavy atom. The van der Waals surface area contributed by atoms with Crippen LogP contribution in [0.3, 0.4) is 0 Å². The Kier molecular flexibility index (Phi) is 4.54. The van der Waals surface area contributed by atoms with Crippen LogP contribution in [0, 0.1) is 5.92 Å². The Bertz CT molecular complexity index is 941. The van der Waals surface area contributed by atoms with Crippen molar-refractivity contribution in [1.29, 1.82) is 0 Å². The number of thiophene rings is 1. The van der Waals surface area contributed by atoms with Crippen LogP contribution in [0.15, 0.2) is 17.6 Å². The van der Waals surface area contributed by atoms with Gasteiger partial charge in [0.25, 0.3) is 0 Å². The van der Waals surface area contributed by atoms with Gasteiger partial charge < -0.3 is 20.1 Å². The third-order valence-electron chi connectivity index (χ3n) is 5.25. The van der Waals surface area contributed by atoms with Crippen molar-refractivity contribution in [2.45, 2.75) is 44.8 Å². The highest BCUT2D eigenvalue weighted by Crippen LogP contribution is 2.39. The monoisotopic (exact) mass is 374 g/mol. The van der Waals surface area contributed by atoms with Crippen LogP contribution in [-0.2, 0) is 0 Å². The highest BCUT2D eigenvalue weighted by molar-refractivity contribution is 7.18. The molecule has 0 radical (unpaired) electrons. The molecule has 0 bridgehead atoms. The number of nitrogens with one attached hydrogen (secondary N) is 1. The minimum Gasteiger partial charge on any atom is -0.465 e. The van der Waals surface area contributed by atoms with Gasteiger partial charge in [0.05, 0.1) is 21.9 Å². The van der Waals surface area contributed by atoms with Crippen LogP contribution in [0.5, 0.6) is 0 Å². The van der Waals surface area contributed by atoms with Crippen molar-refractivity contribution in [2.75, 3.05) is 6.54 Å². The van der Waals surface area contributed by atoms with Gasteiger partial charge in [0.15, 0.2) is 0 Å². The first kappa shape index (κ1) is 17.2. The van der Waals surface area contributed by atoms with E-state index in [1.54, 1.807) is 24.5 Å². The fraction of sp³-hybridized carbons (Fsp3) is 0.500. The molecule has 1 amide bonds. The van der Waals surface area contributed by atoms with Crippen LogP contribution in [-0.4, -0.2) is 37.4 Å². The molecule has 1 fully saturated rings. The van der Waals surface area contributed by atoms with Gasteiger partial charge in [0, 0.05) is 12.6 Å². The van der Waals surface area contributed by atoms with Gasteiger partial charge in [-0.3, -0.25) is 4.98 Å². The zero-order chi connectivity index (χ0) is 18.3. The molecular formula is C18H22N4O3S. The lowest BCUT2D eigenvalue weighted by Gasteiger charge is -2.31. The van der Waals surface area contributed by atoms with Crippen LogP contribution < -0.4 is 5.32 Å². The normalized spacial score (nSPS) is 21.9. The SMILES string of the molecule is C[C@@H](O)c1nc2cnc3ccsc3c2n1[C@H]1CC[C@H](CNC(=O)O)CC1. The first-order valence-corrected chi connectivity index (χ1v) is 9.81. The number of amides is 1. The molecule has 3 N–H and O–H groups in total. The predicted octanol–water partition coefficient (Wildman–Crippen LogP) is 3.70. The molecular weight excluding hydrogens is 352 g/mol. The molecule has 1 aliphatic carbocycles. The average molecular weight is 374 g/mol. The number of carboxylic acid groups (broad SMARTS) is 1. The summed E-state index contributed by atoms with van der Waals surface area (Å²) in [6.45, 7) is 2.26. The molecule has 3 heterocycles. The number of aliphatic hydroxyl groups is 1. The second-order valence-corrected chi connectivity index (χ2v) is 7.92. The number of pyridine rings is 1. The molecule has 1 atom stereocenters. The van der Waals surface area contributed by atoms with Crippen molar-refractivity contribution in [3.8, 4) is 0 Å². The van der Waals surface area contributed by atoms with Crippen molar-refractivity contribution < 1.29 is 15.0 Å². The summed E-state index contributed by atoms with van der Waals surface area (Å²) in [6.07, 6.45) is 4.00. The van der Waals surface area contributed by atoms with Gasteiger partial charge in [-0.1, -0.05) is 0 Å². The second kappa shape index (κ2) is 6.85. The summed E-state index contributed by atoms with van der Waals surface area (Å²) in [5, 5.41) is 23.6. The molecule has 7 nitrogen and oxygen atoms in total. The third-order valence-corrected chi connectivity index (χ3v) is 6.16. The van der Waals surface area contributed by atoms with Crippen molar-refractivity contribution in [2.24, 2.45) is 5.92 Å². The highest BCUT2D eigenvalue weighted by Gasteiger charge is 2.28. The topological polar surface area (TPSA) is 100 Å². The molecule has 26 heavy (non-hydrogen) atoms. The zero-order valence-corrected chi connectivity index (χ0v) is 15.4. The fourth-order valence-corrected chi connectivity index (χ4v) is 4.89. The molecule has 8 heteroatoms. The second-order valence-electron chi connectivity index (χ2n) is 7.00. The number of nitrogens with zero attached hydrogens (tertiary/aromatic N) is 3. The first-order valence-electron chi connectivity index (χ1n) is 8.93. The number of aliphatic hydroxyl groups excluding tert-OH is 1. The van der Waals surface area contributed by atoms with Gasteiger partial charge in [-0.15, -0.1) is 11.3 Å². The molecule has 4 rings (SSSR count). The van der Waals surface area contributed by atoms with Crippen molar-refractivity contribution in [3.63, 3.8) is 0 Å². The number of aromatic nitrogens is 3. The molecule has 0 aliphatic heterocycles. The molecule has 0 saturated heterocycles. The molecule has 3 aromatic rings. The van der Waals surface area contributed by atoms with Crippen molar-refractivity contribution in [1.82, 2.24) is 19.9 Å². The fourth-order valence-electron chi connectivity index (χ4n) is 4.00. The number of carbonyl (C=O) groups is 1. The maximum Gasteiger partial charge on any atom is 0.404 e. The lowest BCUT2D eigenvalue weighted by molar-refractivity contribution is 0.172. The van der Waals surface area contributed by atoms with Crippen molar-refractivity contribution in [3.05, 3.63) is 23.5 Å². The molecule has 0 spiro atoms. The lowest BCUT2D eigenvalue weighted by Crippen LogP contribution is -2.30. The minimum atomic E-state index is -0.961. The number of fused-ring (bicyclic) bond motifs is 3. The maximum atomic E-state index is 10.7. The standard InChI is InChI=1S/C18H22N4O3S/c1-10(23)17-21-14-9-19-13-6-7-26-16(13)15(14)22(17)12-4-2-11(3-5-12)8-20-18(24)25/h6-7,9-12,20,23H,2-5,8H2,1H3,(H,24,25)/t10-,11-,12-/m1/s1. The van der Waals surface area contributed by atoms with E-state index in [0.29, 0.717) is 18.3 Å². The van der Waals surface area contributed by atoms with E-state index in [0.717, 1.165) is 46.9 Å². The van der Waals surface area contributed by atoms with Gasteiger partial charge in [-0.25, -0.2) is 9.78 Å². The summed E-state index contributed by atoms with van der Waals surface area (Å²) in [5.41, 5.74) is 2.85. The Morgan fingerprint density at radius 1 is 1.38 bits per heavy atom. The van der Waals surface area contributed by atoms with Gasteiger partial charge in [-0.2, -0.15) is 0 Å². The number of imidazole rings is 1. The number of hydrogen-bond acceptors (Lipinski definition) is 5. The summed E-state index contributed by atoms with van der Waals surface area (Å²) in [4.78, 5) is 19.8. The van der Waals surface area contributed by atoms with Crippen molar-refractivity contribution >= 4 is 38.7 Å². The van der Waals surface area contributed by atoms with E-state index in [1.165, 1.54) is 0 Å². The van der Waals surface area contributed by atoms with Crippen LogP contribution in [0.4, 0.5) is 4.79 Å². The molecule has 0 unspecified atom stereocenters. The quantitative estimate of drug-likeness (QED) is 0.646. The van der Waals surface area contributed by atoms with Gasteiger partial charge >= 0.3 is 6.09 Å². The highest BCUT2D eigenvalue weighted by atomic mass is 32.1. The van der Waals surface area contributed by atoms with E-state index in [4.69, 9.17) is 5.11 Å². The summed E-state index contributed by atoms with van der Waals surface area (Å²) in [6, 6.07) is 2.27. The Balaban J connectivity index is 1.68. The zero-order valence-electron chi connectivity index (χ0n) is 14.6. The van der Waals surface area contributed by atoms with E-state index < -0.39 is 12.2 Å². The smallest absolute Gasteiger partial charge is 0.404 e.